The summed E-state index contributed by atoms with van der Waals surface area (Å²) in [5.41, 5.74) is 0. The predicted octanol–water partition coefficient (Wildman–Crippen LogP) is 6.49. The van der Waals surface area contributed by atoms with Crippen molar-refractivity contribution in [3.63, 3.8) is 0 Å². The summed E-state index contributed by atoms with van der Waals surface area (Å²) in [7, 11) is 0. The highest BCUT2D eigenvalue weighted by atomic mass is 16.5. The minimum Gasteiger partial charge on any atom is -0.494 e. The summed E-state index contributed by atoms with van der Waals surface area (Å²) in [6.45, 7) is 4.53. The first kappa shape index (κ1) is 29.4. The zero-order valence-electron chi connectivity index (χ0n) is 21.5. The molecule has 0 radical (unpaired) electrons. The third-order valence-corrected chi connectivity index (χ3v) is 6.67. The lowest BCUT2D eigenvalue weighted by Gasteiger charge is -2.24. The Morgan fingerprint density at radius 2 is 1.22 bits per heavy atom. The molecular formula is C29H42O7. The lowest BCUT2D eigenvalue weighted by molar-refractivity contribution is -0.146. The predicted molar refractivity (Wildman–Crippen MR) is 138 cm³/mol. The molecule has 0 amide bonds. The molecule has 0 heterocycles. The Labute approximate surface area is 215 Å². The van der Waals surface area contributed by atoms with Gasteiger partial charge in [0, 0.05) is 6.08 Å². The van der Waals surface area contributed by atoms with Gasteiger partial charge in [-0.2, -0.15) is 0 Å². The summed E-state index contributed by atoms with van der Waals surface area (Å²) in [6.07, 6.45) is 14.9. The number of esters is 2. The fourth-order valence-corrected chi connectivity index (χ4v) is 4.42. The van der Waals surface area contributed by atoms with Crippen molar-refractivity contribution in [3.05, 3.63) is 36.9 Å². The van der Waals surface area contributed by atoms with E-state index in [1.807, 2.05) is 12.1 Å². The summed E-state index contributed by atoms with van der Waals surface area (Å²) < 4.78 is 16.2. The molecule has 1 saturated carbocycles. The summed E-state index contributed by atoms with van der Waals surface area (Å²) >= 11 is 0. The fourth-order valence-electron chi connectivity index (χ4n) is 4.42. The van der Waals surface area contributed by atoms with Crippen LogP contribution in [-0.2, 0) is 19.1 Å². The van der Waals surface area contributed by atoms with E-state index in [4.69, 9.17) is 19.3 Å². The molecule has 1 aromatic carbocycles. The number of carbonyl (C=O) groups excluding carboxylic acids is 2. The number of benzene rings is 1. The molecule has 0 unspecified atom stereocenters. The van der Waals surface area contributed by atoms with Crippen molar-refractivity contribution in [2.75, 3.05) is 13.2 Å². The van der Waals surface area contributed by atoms with Crippen molar-refractivity contribution >= 4 is 17.9 Å². The van der Waals surface area contributed by atoms with Crippen molar-refractivity contribution in [1.29, 1.82) is 0 Å². The smallest absolute Gasteiger partial charge is 0.330 e. The van der Waals surface area contributed by atoms with Gasteiger partial charge in [0.2, 0.25) is 0 Å². The van der Waals surface area contributed by atoms with Gasteiger partial charge in [0.15, 0.2) is 0 Å². The molecule has 0 saturated heterocycles. The minimum absolute atomic E-state index is 0.225. The fraction of sp³-hybridized carbons (Fsp3) is 0.621. The molecular weight excluding hydrogens is 460 g/mol. The average Bonchev–Trinajstić information content (AvgIpc) is 2.89. The van der Waals surface area contributed by atoms with Crippen LogP contribution in [0.2, 0.25) is 0 Å². The molecule has 0 bridgehead atoms. The Kier molecular flexibility index (Phi) is 14.4. The Balaban J connectivity index is 1.44. The zero-order valence-corrected chi connectivity index (χ0v) is 21.5. The average molecular weight is 503 g/mol. The van der Waals surface area contributed by atoms with Crippen LogP contribution >= 0.6 is 0 Å². The van der Waals surface area contributed by atoms with Crippen molar-refractivity contribution in [1.82, 2.24) is 0 Å². The number of ether oxygens (including phenoxy) is 3. The number of carboxylic acid groups (broad SMARTS) is 1. The Morgan fingerprint density at radius 1 is 0.750 bits per heavy atom. The first-order valence-electron chi connectivity index (χ1n) is 13.5. The molecule has 0 atom stereocenters. The van der Waals surface area contributed by atoms with Gasteiger partial charge in [0.25, 0.3) is 0 Å². The molecule has 1 aromatic rings. The number of carboxylic acids is 1. The first-order chi connectivity index (χ1) is 17.5. The van der Waals surface area contributed by atoms with E-state index >= 15 is 0 Å². The second kappa shape index (κ2) is 17.6. The molecule has 200 valence electrons. The third-order valence-electron chi connectivity index (χ3n) is 6.67. The lowest BCUT2D eigenvalue weighted by atomic mass is 9.82. The van der Waals surface area contributed by atoms with Gasteiger partial charge in [-0.05, 0) is 62.8 Å². The van der Waals surface area contributed by atoms with Crippen LogP contribution in [0.5, 0.6) is 11.5 Å². The standard InChI is InChI=1S/C29H42O7/c1-2-27(30)35-22-12-10-8-6-4-3-5-7-9-11-21-34-25-17-19-26(20-18-25)36-29(33)24-15-13-23(14-16-24)28(31)32/h2,17-20,23-24H,1,3-16,21-22H2,(H,31,32)/t23-,24-. The van der Waals surface area contributed by atoms with Crippen molar-refractivity contribution in [2.24, 2.45) is 11.8 Å². The third kappa shape index (κ3) is 12.2. The number of unbranched alkanes of at least 4 members (excludes halogenated alkanes) is 9. The second-order valence-electron chi connectivity index (χ2n) is 9.53. The quantitative estimate of drug-likeness (QED) is 0.106. The van der Waals surface area contributed by atoms with Gasteiger partial charge in [0.05, 0.1) is 25.0 Å². The highest BCUT2D eigenvalue weighted by molar-refractivity contribution is 5.81. The van der Waals surface area contributed by atoms with Gasteiger partial charge < -0.3 is 19.3 Å². The minimum atomic E-state index is -0.775. The normalized spacial score (nSPS) is 17.2. The molecule has 0 spiro atoms. The molecule has 0 aliphatic heterocycles. The number of hydrogen-bond donors (Lipinski definition) is 1. The van der Waals surface area contributed by atoms with Gasteiger partial charge in [-0.15, -0.1) is 0 Å². The summed E-state index contributed by atoms with van der Waals surface area (Å²) in [5.74, 6) is -0.708. The summed E-state index contributed by atoms with van der Waals surface area (Å²) in [5, 5.41) is 9.07. The number of carbonyl (C=O) groups is 3. The van der Waals surface area contributed by atoms with Gasteiger partial charge in [-0.3, -0.25) is 9.59 Å². The van der Waals surface area contributed by atoms with Crippen molar-refractivity contribution in [2.45, 2.75) is 89.9 Å². The van der Waals surface area contributed by atoms with Crippen LogP contribution in [0.3, 0.4) is 0 Å². The molecule has 7 heteroatoms. The molecule has 1 fully saturated rings. The number of hydrogen-bond acceptors (Lipinski definition) is 6. The number of aliphatic carboxylic acids is 1. The maximum atomic E-state index is 12.3. The summed E-state index contributed by atoms with van der Waals surface area (Å²) in [6, 6.07) is 7.11. The first-order valence-corrected chi connectivity index (χ1v) is 13.5. The largest absolute Gasteiger partial charge is 0.494 e. The maximum Gasteiger partial charge on any atom is 0.330 e. The topological polar surface area (TPSA) is 99.1 Å². The maximum absolute atomic E-state index is 12.3. The molecule has 0 aromatic heterocycles. The monoisotopic (exact) mass is 502 g/mol. The summed E-state index contributed by atoms with van der Waals surface area (Å²) in [4.78, 5) is 34.3. The molecule has 1 aliphatic carbocycles. The molecule has 1 N–H and O–H groups in total. The van der Waals surface area contributed by atoms with E-state index in [1.165, 1.54) is 44.6 Å². The van der Waals surface area contributed by atoms with E-state index in [-0.39, 0.29) is 23.8 Å². The van der Waals surface area contributed by atoms with Crippen molar-refractivity contribution < 1.29 is 33.7 Å². The van der Waals surface area contributed by atoms with E-state index in [0.29, 0.717) is 44.6 Å². The van der Waals surface area contributed by atoms with Crippen LogP contribution in [0.15, 0.2) is 36.9 Å². The molecule has 2 rings (SSSR count). The van der Waals surface area contributed by atoms with Crippen LogP contribution < -0.4 is 9.47 Å². The van der Waals surface area contributed by atoms with E-state index < -0.39 is 5.97 Å². The van der Waals surface area contributed by atoms with Gasteiger partial charge in [-0.1, -0.05) is 57.9 Å². The van der Waals surface area contributed by atoms with E-state index in [1.54, 1.807) is 12.1 Å². The van der Waals surface area contributed by atoms with Crippen LogP contribution in [-0.4, -0.2) is 36.2 Å². The highest BCUT2D eigenvalue weighted by Crippen LogP contribution is 2.30. The molecule has 7 nitrogen and oxygen atoms in total. The van der Waals surface area contributed by atoms with Gasteiger partial charge >= 0.3 is 17.9 Å². The van der Waals surface area contributed by atoms with E-state index in [2.05, 4.69) is 6.58 Å². The van der Waals surface area contributed by atoms with E-state index in [0.717, 1.165) is 31.4 Å². The van der Waals surface area contributed by atoms with E-state index in [9.17, 15) is 14.4 Å². The van der Waals surface area contributed by atoms with Crippen molar-refractivity contribution in [3.8, 4) is 11.5 Å². The van der Waals surface area contributed by atoms with Crippen LogP contribution in [0.1, 0.15) is 89.9 Å². The second-order valence-corrected chi connectivity index (χ2v) is 9.53. The SMILES string of the molecule is C=CC(=O)OCCCCCCCCCCCCOc1ccc(OC(=O)[C@H]2CC[C@H](C(=O)O)CC2)cc1. The van der Waals surface area contributed by atoms with Crippen LogP contribution in [0.4, 0.5) is 0 Å². The van der Waals surface area contributed by atoms with Crippen LogP contribution in [0.25, 0.3) is 0 Å². The zero-order chi connectivity index (χ0) is 26.0. The lowest BCUT2D eigenvalue weighted by Crippen LogP contribution is -2.28. The number of rotatable bonds is 18. The Morgan fingerprint density at radius 3 is 1.75 bits per heavy atom. The highest BCUT2D eigenvalue weighted by Gasteiger charge is 2.30. The van der Waals surface area contributed by atoms with Gasteiger partial charge in [0.1, 0.15) is 11.5 Å². The Bertz CT molecular complexity index is 794. The van der Waals surface area contributed by atoms with Crippen LogP contribution in [0, 0.1) is 11.8 Å². The van der Waals surface area contributed by atoms with Gasteiger partial charge in [-0.25, -0.2) is 4.79 Å². The molecule has 1 aliphatic rings. The Hall–Kier alpha value is -2.83. The molecule has 36 heavy (non-hydrogen) atoms.